The number of aryl methyl sites for hydroxylation is 1. The Balaban J connectivity index is 2.22. The van der Waals surface area contributed by atoms with Crippen molar-refractivity contribution >= 4 is 10.8 Å². The molecule has 3 heteroatoms. The fraction of sp³-hybridized carbons (Fsp3) is 0.571. The molecular formula is C14H21NOS. The Bertz CT molecular complexity index is 442. The van der Waals surface area contributed by atoms with E-state index in [1.165, 1.54) is 0 Å². The number of rotatable bonds is 2. The summed E-state index contributed by atoms with van der Waals surface area (Å²) in [7, 11) is -0.971. The summed E-state index contributed by atoms with van der Waals surface area (Å²) in [6.45, 7) is 6.37. The lowest BCUT2D eigenvalue weighted by Crippen LogP contribution is -2.41. The van der Waals surface area contributed by atoms with Crippen molar-refractivity contribution in [3.63, 3.8) is 0 Å². The highest BCUT2D eigenvalue weighted by molar-refractivity contribution is 7.85. The Hall–Kier alpha value is -0.670. The number of hydrogen-bond donors (Lipinski definition) is 1. The maximum absolute atomic E-state index is 12.5. The zero-order chi connectivity index (χ0) is 12.6. The van der Waals surface area contributed by atoms with Crippen LogP contribution in [-0.4, -0.2) is 15.5 Å². The van der Waals surface area contributed by atoms with Gasteiger partial charge < -0.3 is 5.73 Å². The molecule has 0 radical (unpaired) electrons. The fourth-order valence-electron chi connectivity index (χ4n) is 2.52. The summed E-state index contributed by atoms with van der Waals surface area (Å²) in [6, 6.07) is 7.98. The summed E-state index contributed by atoms with van der Waals surface area (Å²) in [5.41, 5.74) is 7.51. The van der Waals surface area contributed by atoms with Crippen LogP contribution >= 0.6 is 0 Å². The van der Waals surface area contributed by atoms with Crippen molar-refractivity contribution in [1.29, 1.82) is 0 Å². The van der Waals surface area contributed by atoms with Crippen LogP contribution in [0.1, 0.15) is 32.3 Å². The molecule has 0 spiro atoms. The lowest BCUT2D eigenvalue weighted by molar-refractivity contribution is 0.334. The molecule has 94 valence electrons. The number of benzene rings is 1. The van der Waals surface area contributed by atoms with Crippen LogP contribution < -0.4 is 5.73 Å². The fourth-order valence-corrected chi connectivity index (χ4v) is 4.35. The van der Waals surface area contributed by atoms with Gasteiger partial charge in [0.2, 0.25) is 0 Å². The Morgan fingerprint density at radius 3 is 2.65 bits per heavy atom. The van der Waals surface area contributed by atoms with Gasteiger partial charge in [-0.15, -0.1) is 0 Å². The van der Waals surface area contributed by atoms with Crippen LogP contribution in [0.5, 0.6) is 0 Å². The van der Waals surface area contributed by atoms with E-state index < -0.39 is 10.8 Å². The summed E-state index contributed by atoms with van der Waals surface area (Å²) >= 11 is 0. The summed E-state index contributed by atoms with van der Waals surface area (Å²) in [6.07, 6.45) is 2.03. The molecule has 2 nitrogen and oxygen atoms in total. The van der Waals surface area contributed by atoms with E-state index in [9.17, 15) is 4.21 Å². The summed E-state index contributed by atoms with van der Waals surface area (Å²) in [4.78, 5) is 0.920. The van der Waals surface area contributed by atoms with E-state index in [0.29, 0.717) is 0 Å². The van der Waals surface area contributed by atoms with E-state index in [1.807, 2.05) is 31.2 Å². The van der Waals surface area contributed by atoms with E-state index in [1.54, 1.807) is 0 Å². The summed E-state index contributed by atoms with van der Waals surface area (Å²) in [5, 5.41) is 0.104. The Labute approximate surface area is 106 Å². The molecule has 0 aliphatic heterocycles. The van der Waals surface area contributed by atoms with Crippen molar-refractivity contribution in [3.05, 3.63) is 29.8 Å². The molecule has 3 unspecified atom stereocenters. The van der Waals surface area contributed by atoms with E-state index in [4.69, 9.17) is 5.73 Å². The molecule has 0 aromatic heterocycles. The van der Waals surface area contributed by atoms with Gasteiger partial charge in [0, 0.05) is 10.9 Å². The lowest BCUT2D eigenvalue weighted by atomic mass is 9.88. The maximum atomic E-state index is 12.5. The molecule has 2 N–H and O–H groups in total. The van der Waals surface area contributed by atoms with Crippen molar-refractivity contribution in [3.8, 4) is 0 Å². The highest BCUT2D eigenvalue weighted by Crippen LogP contribution is 2.39. The van der Waals surface area contributed by atoms with Crippen molar-refractivity contribution in [1.82, 2.24) is 0 Å². The van der Waals surface area contributed by atoms with Gasteiger partial charge in [-0.2, -0.15) is 0 Å². The zero-order valence-electron chi connectivity index (χ0n) is 10.8. The zero-order valence-corrected chi connectivity index (χ0v) is 11.6. The first-order valence-electron chi connectivity index (χ1n) is 6.15. The van der Waals surface area contributed by atoms with Crippen LogP contribution in [0.15, 0.2) is 29.2 Å². The van der Waals surface area contributed by atoms with E-state index in [-0.39, 0.29) is 16.7 Å². The van der Waals surface area contributed by atoms with Gasteiger partial charge in [0.05, 0.1) is 16.0 Å². The van der Waals surface area contributed by atoms with Crippen LogP contribution in [0, 0.1) is 12.3 Å². The van der Waals surface area contributed by atoms with Gasteiger partial charge in [-0.3, -0.25) is 4.21 Å². The normalized spacial score (nSPS) is 29.2. The molecule has 17 heavy (non-hydrogen) atoms. The lowest BCUT2D eigenvalue weighted by Gasteiger charge is -2.26. The largest absolute Gasteiger partial charge is 0.326 e. The van der Waals surface area contributed by atoms with Gasteiger partial charge in [-0.05, 0) is 42.9 Å². The highest BCUT2D eigenvalue weighted by atomic mass is 32.2. The van der Waals surface area contributed by atoms with Crippen molar-refractivity contribution in [2.24, 2.45) is 11.1 Å². The molecule has 0 heterocycles. The molecule has 0 saturated heterocycles. The molecule has 0 amide bonds. The van der Waals surface area contributed by atoms with Crippen LogP contribution in [0.4, 0.5) is 0 Å². The third kappa shape index (κ3) is 2.45. The molecule has 1 saturated carbocycles. The predicted molar refractivity (Wildman–Crippen MR) is 72.4 cm³/mol. The second-order valence-electron chi connectivity index (χ2n) is 5.71. The molecule has 1 fully saturated rings. The van der Waals surface area contributed by atoms with Crippen LogP contribution in [0.2, 0.25) is 0 Å². The maximum Gasteiger partial charge on any atom is 0.0576 e. The van der Waals surface area contributed by atoms with Crippen LogP contribution in [0.3, 0.4) is 0 Å². The molecule has 1 aliphatic carbocycles. The van der Waals surface area contributed by atoms with Gasteiger partial charge in [0.1, 0.15) is 0 Å². The molecule has 1 aromatic rings. The van der Waals surface area contributed by atoms with E-state index in [2.05, 4.69) is 13.8 Å². The van der Waals surface area contributed by atoms with Gasteiger partial charge in [0.15, 0.2) is 0 Å². The van der Waals surface area contributed by atoms with Crippen molar-refractivity contribution < 1.29 is 4.21 Å². The van der Waals surface area contributed by atoms with E-state index in [0.717, 1.165) is 23.3 Å². The van der Waals surface area contributed by atoms with Gasteiger partial charge >= 0.3 is 0 Å². The average molecular weight is 251 g/mol. The van der Waals surface area contributed by atoms with Crippen molar-refractivity contribution in [2.75, 3.05) is 0 Å². The van der Waals surface area contributed by atoms with Gasteiger partial charge in [-0.1, -0.05) is 26.0 Å². The topological polar surface area (TPSA) is 43.1 Å². The third-order valence-corrected chi connectivity index (χ3v) is 5.67. The number of nitrogens with two attached hydrogens (primary N) is 1. The third-order valence-electron chi connectivity index (χ3n) is 3.87. The minimum atomic E-state index is -0.971. The Kier molecular flexibility index (Phi) is 3.41. The molecule has 1 aromatic carbocycles. The van der Waals surface area contributed by atoms with Gasteiger partial charge in [0.25, 0.3) is 0 Å². The first kappa shape index (κ1) is 12.8. The van der Waals surface area contributed by atoms with Crippen molar-refractivity contribution in [2.45, 2.75) is 49.8 Å². The first-order valence-corrected chi connectivity index (χ1v) is 7.36. The molecule has 2 rings (SSSR count). The smallest absolute Gasteiger partial charge is 0.0576 e. The predicted octanol–water partition coefficient (Wildman–Crippen LogP) is 2.62. The molecule has 1 aliphatic rings. The van der Waals surface area contributed by atoms with Gasteiger partial charge in [-0.25, -0.2) is 0 Å². The van der Waals surface area contributed by atoms with E-state index >= 15 is 0 Å². The second kappa shape index (κ2) is 4.54. The average Bonchev–Trinajstić information content (AvgIpc) is 2.54. The van der Waals surface area contributed by atoms with Crippen LogP contribution in [0.25, 0.3) is 0 Å². The quantitative estimate of drug-likeness (QED) is 0.878. The second-order valence-corrected chi connectivity index (χ2v) is 7.38. The molecular weight excluding hydrogens is 230 g/mol. The highest BCUT2D eigenvalue weighted by Gasteiger charge is 2.42. The number of hydrogen-bond acceptors (Lipinski definition) is 2. The SMILES string of the molecule is Cc1cccc(S(=O)C2CCC(C)(C)C2N)c1. The molecule has 3 atom stereocenters. The minimum absolute atomic E-state index is 0.0313. The summed E-state index contributed by atoms with van der Waals surface area (Å²) < 4.78 is 12.5. The molecule has 0 bridgehead atoms. The Morgan fingerprint density at radius 1 is 1.41 bits per heavy atom. The summed E-state index contributed by atoms with van der Waals surface area (Å²) in [5.74, 6) is 0. The Morgan fingerprint density at radius 2 is 2.12 bits per heavy atom. The first-order chi connectivity index (χ1) is 7.92. The minimum Gasteiger partial charge on any atom is -0.326 e. The van der Waals surface area contributed by atoms with Crippen LogP contribution in [-0.2, 0) is 10.8 Å². The standard InChI is InChI=1S/C14H21NOS/c1-10-5-4-6-11(9-10)17(16)12-7-8-14(2,3)13(12)15/h4-6,9,12-13H,7-8,15H2,1-3H3. The monoisotopic (exact) mass is 251 g/mol.